The van der Waals surface area contributed by atoms with Crippen molar-refractivity contribution in [3.8, 4) is 0 Å². The third-order valence-corrected chi connectivity index (χ3v) is 5.59. The van der Waals surface area contributed by atoms with Crippen molar-refractivity contribution in [1.82, 2.24) is 4.90 Å². The average Bonchev–Trinajstić information content (AvgIpc) is 2.57. The van der Waals surface area contributed by atoms with Crippen LogP contribution in [0.25, 0.3) is 0 Å². The van der Waals surface area contributed by atoms with Crippen LogP contribution < -0.4 is 0 Å². The van der Waals surface area contributed by atoms with E-state index in [9.17, 15) is 17.8 Å². The van der Waals surface area contributed by atoms with Crippen molar-refractivity contribution in [2.24, 2.45) is 0 Å². The topological polar surface area (TPSA) is 74.7 Å². The predicted molar refractivity (Wildman–Crippen MR) is 95.2 cm³/mol. The summed E-state index contributed by atoms with van der Waals surface area (Å²) in [6.45, 7) is 2.56. The van der Waals surface area contributed by atoms with Crippen molar-refractivity contribution in [3.05, 3.63) is 64.7 Å². The van der Waals surface area contributed by atoms with Gasteiger partial charge in [-0.3, -0.25) is 9.35 Å². The number of hydrogen-bond acceptors (Lipinski definition) is 3. The van der Waals surface area contributed by atoms with Gasteiger partial charge in [0.1, 0.15) is 0 Å². The first-order valence-electron chi connectivity index (χ1n) is 7.97. The van der Waals surface area contributed by atoms with Crippen molar-refractivity contribution in [2.45, 2.75) is 30.2 Å². The molecule has 1 aliphatic rings. The molecule has 25 heavy (non-hydrogen) atoms. The summed E-state index contributed by atoms with van der Waals surface area (Å²) in [4.78, 5) is 14.2. The van der Waals surface area contributed by atoms with E-state index in [2.05, 4.69) is 0 Å². The second-order valence-corrected chi connectivity index (χ2v) is 7.84. The molecule has 1 N–H and O–H groups in total. The summed E-state index contributed by atoms with van der Waals surface area (Å²) < 4.78 is 32.9. The standard InChI is InChI=1S/C18H18ClNO4S/c1-2-11-20-17(12-7-9-13(19)10-8-12)16(18(20)21)14-5-3-4-6-15(14)25(22,23)24/h3-10,16-17H,2,11H2,1H3,(H,22,23,24)/t16-,17-/m1/s1. The molecule has 0 aliphatic carbocycles. The van der Waals surface area contributed by atoms with Crippen LogP contribution in [-0.4, -0.2) is 30.3 Å². The highest BCUT2D eigenvalue weighted by Gasteiger charge is 2.49. The molecule has 5 nitrogen and oxygen atoms in total. The zero-order chi connectivity index (χ0) is 18.2. The van der Waals surface area contributed by atoms with Crippen LogP contribution in [0.5, 0.6) is 0 Å². The maximum absolute atomic E-state index is 12.7. The van der Waals surface area contributed by atoms with E-state index in [1.807, 2.05) is 19.1 Å². The molecule has 0 bridgehead atoms. The van der Waals surface area contributed by atoms with Gasteiger partial charge < -0.3 is 4.90 Å². The molecule has 1 saturated heterocycles. The Morgan fingerprint density at radius 2 is 1.76 bits per heavy atom. The Balaban J connectivity index is 2.09. The van der Waals surface area contributed by atoms with Gasteiger partial charge in [-0.15, -0.1) is 0 Å². The minimum atomic E-state index is -4.41. The molecule has 0 spiro atoms. The Bertz CT molecular complexity index is 896. The fourth-order valence-electron chi connectivity index (χ4n) is 3.35. The third kappa shape index (κ3) is 3.29. The van der Waals surface area contributed by atoms with E-state index in [4.69, 9.17) is 11.6 Å². The monoisotopic (exact) mass is 379 g/mol. The predicted octanol–water partition coefficient (Wildman–Crippen LogP) is 3.66. The molecule has 1 fully saturated rings. The van der Waals surface area contributed by atoms with Crippen molar-refractivity contribution in [1.29, 1.82) is 0 Å². The number of nitrogens with zero attached hydrogens (tertiary/aromatic N) is 1. The number of β-lactam (4-membered cyclic amide) rings is 1. The summed E-state index contributed by atoms with van der Waals surface area (Å²) >= 11 is 5.95. The van der Waals surface area contributed by atoms with Gasteiger partial charge in [-0.2, -0.15) is 8.42 Å². The van der Waals surface area contributed by atoms with Crippen molar-refractivity contribution in [3.63, 3.8) is 0 Å². The largest absolute Gasteiger partial charge is 0.334 e. The fourth-order valence-corrected chi connectivity index (χ4v) is 4.22. The Morgan fingerprint density at radius 3 is 2.36 bits per heavy atom. The van der Waals surface area contributed by atoms with E-state index in [1.165, 1.54) is 12.1 Å². The van der Waals surface area contributed by atoms with Gasteiger partial charge in [0, 0.05) is 11.6 Å². The van der Waals surface area contributed by atoms with Crippen molar-refractivity contribution >= 4 is 27.6 Å². The van der Waals surface area contributed by atoms with E-state index < -0.39 is 16.0 Å². The summed E-state index contributed by atoms with van der Waals surface area (Å²) in [5.41, 5.74) is 1.20. The van der Waals surface area contributed by atoms with Gasteiger partial charge in [-0.05, 0) is 35.7 Å². The summed E-state index contributed by atoms with van der Waals surface area (Å²) in [7, 11) is -4.41. The Labute approximate surface area is 152 Å². The molecule has 1 heterocycles. The van der Waals surface area contributed by atoms with Gasteiger partial charge in [0.25, 0.3) is 10.1 Å². The number of benzene rings is 2. The first-order valence-corrected chi connectivity index (χ1v) is 9.78. The molecule has 0 unspecified atom stereocenters. The maximum Gasteiger partial charge on any atom is 0.294 e. The van der Waals surface area contributed by atoms with Gasteiger partial charge in [-0.1, -0.05) is 48.9 Å². The van der Waals surface area contributed by atoms with Gasteiger partial charge in [0.2, 0.25) is 5.91 Å². The highest BCUT2D eigenvalue weighted by atomic mass is 35.5. The zero-order valence-corrected chi connectivity index (χ0v) is 15.2. The van der Waals surface area contributed by atoms with E-state index in [-0.39, 0.29) is 16.8 Å². The summed E-state index contributed by atoms with van der Waals surface area (Å²) in [6, 6.07) is 13.0. The molecular formula is C18H18ClNO4S. The van der Waals surface area contributed by atoms with Gasteiger partial charge in [0.15, 0.2) is 0 Å². The second kappa shape index (κ2) is 6.78. The van der Waals surface area contributed by atoms with Crippen molar-refractivity contribution < 1.29 is 17.8 Å². The average molecular weight is 380 g/mol. The Morgan fingerprint density at radius 1 is 1.12 bits per heavy atom. The number of halogens is 1. The Hall–Kier alpha value is -1.89. The third-order valence-electron chi connectivity index (χ3n) is 4.41. The van der Waals surface area contributed by atoms with Gasteiger partial charge >= 0.3 is 0 Å². The van der Waals surface area contributed by atoms with Crippen LogP contribution in [0.4, 0.5) is 0 Å². The zero-order valence-electron chi connectivity index (χ0n) is 13.6. The van der Waals surface area contributed by atoms with Crippen LogP contribution >= 0.6 is 11.6 Å². The molecule has 0 aromatic heterocycles. The number of carbonyl (C=O) groups excluding carboxylic acids is 1. The molecule has 132 valence electrons. The van der Waals surface area contributed by atoms with Crippen LogP contribution in [0.3, 0.4) is 0 Å². The first kappa shape index (κ1) is 17.9. The summed E-state index contributed by atoms with van der Waals surface area (Å²) in [6.07, 6.45) is 0.794. The molecule has 2 aromatic carbocycles. The molecule has 3 rings (SSSR count). The summed E-state index contributed by atoms with van der Waals surface area (Å²) in [5, 5.41) is 0.589. The minimum Gasteiger partial charge on any atom is -0.334 e. The molecule has 0 saturated carbocycles. The molecule has 7 heteroatoms. The van der Waals surface area contributed by atoms with Crippen LogP contribution in [0, 0.1) is 0 Å². The molecule has 2 aromatic rings. The van der Waals surface area contributed by atoms with Crippen LogP contribution in [0.15, 0.2) is 53.4 Å². The number of hydrogen-bond donors (Lipinski definition) is 1. The normalized spacial score (nSPS) is 20.4. The molecule has 2 atom stereocenters. The number of rotatable bonds is 5. The number of carbonyl (C=O) groups is 1. The van der Waals surface area contributed by atoms with E-state index in [0.717, 1.165) is 12.0 Å². The number of amides is 1. The van der Waals surface area contributed by atoms with Crippen LogP contribution in [0.2, 0.25) is 5.02 Å². The smallest absolute Gasteiger partial charge is 0.294 e. The quantitative estimate of drug-likeness (QED) is 0.635. The van der Waals surface area contributed by atoms with Crippen LogP contribution in [-0.2, 0) is 14.9 Å². The van der Waals surface area contributed by atoms with Crippen molar-refractivity contribution in [2.75, 3.05) is 6.54 Å². The van der Waals surface area contributed by atoms with Gasteiger partial charge in [-0.25, -0.2) is 0 Å². The molecular weight excluding hydrogens is 362 g/mol. The maximum atomic E-state index is 12.7. The van der Waals surface area contributed by atoms with Crippen LogP contribution in [0.1, 0.15) is 36.4 Å². The molecule has 1 amide bonds. The lowest BCUT2D eigenvalue weighted by molar-refractivity contribution is -0.150. The highest BCUT2D eigenvalue weighted by molar-refractivity contribution is 7.85. The minimum absolute atomic E-state index is 0.141. The summed E-state index contributed by atoms with van der Waals surface area (Å²) in [5.74, 6) is -0.788. The second-order valence-electron chi connectivity index (χ2n) is 6.02. The number of likely N-dealkylation sites (tertiary alicyclic amines) is 1. The van der Waals surface area contributed by atoms with E-state index in [0.29, 0.717) is 17.1 Å². The first-order chi connectivity index (χ1) is 11.8. The SMILES string of the molecule is CCCN1C(=O)[C@H](c2ccccc2S(=O)(=O)O)[C@H]1c1ccc(Cl)cc1. The lowest BCUT2D eigenvalue weighted by atomic mass is 9.77. The lowest BCUT2D eigenvalue weighted by Gasteiger charge is -2.48. The van der Waals surface area contributed by atoms with Gasteiger partial charge in [0.05, 0.1) is 16.9 Å². The fraction of sp³-hybridized carbons (Fsp3) is 0.278. The lowest BCUT2D eigenvalue weighted by Crippen LogP contribution is -2.53. The molecule has 0 radical (unpaired) electrons. The molecule has 1 aliphatic heterocycles. The van der Waals surface area contributed by atoms with E-state index >= 15 is 0 Å². The highest BCUT2D eigenvalue weighted by Crippen LogP contribution is 2.48. The van der Waals surface area contributed by atoms with E-state index in [1.54, 1.807) is 29.2 Å². The Kier molecular flexibility index (Phi) is 4.86.